The summed E-state index contributed by atoms with van der Waals surface area (Å²) in [5.74, 6) is 0.708. The van der Waals surface area contributed by atoms with Gasteiger partial charge in [-0.05, 0) is 55.8 Å². The number of rotatable bonds is 5. The van der Waals surface area contributed by atoms with Crippen LogP contribution in [-0.2, 0) is 13.0 Å². The van der Waals surface area contributed by atoms with Gasteiger partial charge in [0.15, 0.2) is 0 Å². The molecule has 106 valence electrons. The lowest BCUT2D eigenvalue weighted by molar-refractivity contribution is 0.459. The third-order valence-electron chi connectivity index (χ3n) is 4.16. The van der Waals surface area contributed by atoms with Crippen molar-refractivity contribution >= 4 is 0 Å². The minimum atomic E-state index is 0.708. The average Bonchev–Trinajstić information content (AvgIpc) is 2.98. The van der Waals surface area contributed by atoms with E-state index in [9.17, 15) is 0 Å². The lowest BCUT2D eigenvalue weighted by Gasteiger charge is -2.21. The summed E-state index contributed by atoms with van der Waals surface area (Å²) in [6.07, 6.45) is 9.09. The van der Waals surface area contributed by atoms with Gasteiger partial charge in [0, 0.05) is 12.7 Å². The Hall–Kier alpha value is -1.61. The molecule has 3 nitrogen and oxygen atoms in total. The number of aromatic nitrogens is 2. The minimum absolute atomic E-state index is 0.708. The molecule has 3 heteroatoms. The molecule has 1 aliphatic rings. The number of hydrogen-bond donors (Lipinski definition) is 1. The topological polar surface area (TPSA) is 29.9 Å². The zero-order valence-corrected chi connectivity index (χ0v) is 12.0. The number of aryl methyl sites for hydroxylation is 2. The smallest absolute Gasteiger partial charge is 0.0524 e. The van der Waals surface area contributed by atoms with Gasteiger partial charge in [-0.3, -0.25) is 4.68 Å². The van der Waals surface area contributed by atoms with Crippen LogP contribution in [-0.4, -0.2) is 22.9 Å². The first-order valence-corrected chi connectivity index (χ1v) is 7.69. The van der Waals surface area contributed by atoms with Crippen molar-refractivity contribution in [3.63, 3.8) is 0 Å². The minimum Gasteiger partial charge on any atom is -0.317 e. The van der Waals surface area contributed by atoms with Gasteiger partial charge in [-0.1, -0.05) is 30.3 Å². The highest BCUT2D eigenvalue weighted by molar-refractivity contribution is 5.15. The van der Waals surface area contributed by atoms with Crippen LogP contribution in [0.5, 0.6) is 0 Å². The highest BCUT2D eigenvalue weighted by Gasteiger charge is 2.16. The molecule has 1 aliphatic heterocycles. The number of nitrogens with one attached hydrogen (secondary N) is 1. The van der Waals surface area contributed by atoms with Crippen LogP contribution in [0.4, 0.5) is 0 Å². The molecule has 20 heavy (non-hydrogen) atoms. The van der Waals surface area contributed by atoms with Gasteiger partial charge >= 0.3 is 0 Å². The molecular weight excluding hydrogens is 246 g/mol. The molecule has 0 saturated carbocycles. The molecule has 2 heterocycles. The van der Waals surface area contributed by atoms with Crippen molar-refractivity contribution in [2.75, 3.05) is 13.1 Å². The molecule has 0 amide bonds. The van der Waals surface area contributed by atoms with Gasteiger partial charge in [0.25, 0.3) is 0 Å². The monoisotopic (exact) mass is 269 g/mol. The van der Waals surface area contributed by atoms with Crippen molar-refractivity contribution in [3.8, 4) is 0 Å². The predicted molar refractivity (Wildman–Crippen MR) is 81.8 cm³/mol. The summed E-state index contributed by atoms with van der Waals surface area (Å²) in [5, 5.41) is 7.94. The maximum atomic E-state index is 4.52. The molecule has 3 rings (SSSR count). The van der Waals surface area contributed by atoms with Crippen LogP contribution in [0.25, 0.3) is 0 Å². The quantitative estimate of drug-likeness (QED) is 0.904. The van der Waals surface area contributed by atoms with Crippen molar-refractivity contribution in [2.45, 2.75) is 38.1 Å². The van der Waals surface area contributed by atoms with Gasteiger partial charge in [0.05, 0.1) is 6.20 Å². The second-order valence-electron chi connectivity index (χ2n) is 5.65. The zero-order chi connectivity index (χ0) is 13.6. The van der Waals surface area contributed by atoms with Crippen LogP contribution in [0.2, 0.25) is 0 Å². The Kier molecular flexibility index (Phi) is 4.49. The fraction of sp³-hybridized carbons (Fsp3) is 0.471. The van der Waals surface area contributed by atoms with Gasteiger partial charge in [-0.15, -0.1) is 0 Å². The molecule has 2 aromatic rings. The first-order chi connectivity index (χ1) is 9.92. The highest BCUT2D eigenvalue weighted by Crippen LogP contribution is 2.24. The van der Waals surface area contributed by atoms with Crippen LogP contribution in [0.3, 0.4) is 0 Å². The zero-order valence-electron chi connectivity index (χ0n) is 12.0. The normalized spacial score (nSPS) is 16.4. The second-order valence-corrected chi connectivity index (χ2v) is 5.65. The van der Waals surface area contributed by atoms with Crippen molar-refractivity contribution in [3.05, 3.63) is 53.9 Å². The summed E-state index contributed by atoms with van der Waals surface area (Å²) in [7, 11) is 0. The molecule has 0 bridgehead atoms. The summed E-state index contributed by atoms with van der Waals surface area (Å²) in [6.45, 7) is 3.30. The Morgan fingerprint density at radius 2 is 1.95 bits per heavy atom. The van der Waals surface area contributed by atoms with E-state index in [1.807, 2.05) is 0 Å². The Morgan fingerprint density at radius 3 is 2.75 bits per heavy atom. The summed E-state index contributed by atoms with van der Waals surface area (Å²) in [4.78, 5) is 0. The fourth-order valence-corrected chi connectivity index (χ4v) is 2.96. The van der Waals surface area contributed by atoms with E-state index in [2.05, 4.69) is 57.8 Å². The van der Waals surface area contributed by atoms with Crippen LogP contribution in [0, 0.1) is 0 Å². The van der Waals surface area contributed by atoms with Gasteiger partial charge < -0.3 is 5.32 Å². The maximum absolute atomic E-state index is 4.52. The molecule has 0 radical (unpaired) electrons. The third kappa shape index (κ3) is 3.48. The number of hydrogen-bond acceptors (Lipinski definition) is 2. The van der Waals surface area contributed by atoms with Crippen LogP contribution >= 0.6 is 0 Å². The van der Waals surface area contributed by atoms with Crippen molar-refractivity contribution < 1.29 is 0 Å². The predicted octanol–water partition coefficient (Wildman–Crippen LogP) is 2.98. The van der Waals surface area contributed by atoms with E-state index in [0.29, 0.717) is 5.92 Å². The molecule has 1 aromatic carbocycles. The van der Waals surface area contributed by atoms with Crippen molar-refractivity contribution in [1.29, 1.82) is 0 Å². The summed E-state index contributed by atoms with van der Waals surface area (Å²) in [6, 6.07) is 10.7. The fourth-order valence-electron chi connectivity index (χ4n) is 2.96. The second kappa shape index (κ2) is 6.71. The molecule has 1 fully saturated rings. The van der Waals surface area contributed by atoms with E-state index in [4.69, 9.17) is 0 Å². The first-order valence-electron chi connectivity index (χ1n) is 7.69. The molecule has 1 saturated heterocycles. The molecule has 0 atom stereocenters. The first kappa shape index (κ1) is 13.4. The van der Waals surface area contributed by atoms with Crippen molar-refractivity contribution in [1.82, 2.24) is 15.1 Å². The van der Waals surface area contributed by atoms with Crippen molar-refractivity contribution in [2.24, 2.45) is 0 Å². The van der Waals surface area contributed by atoms with Gasteiger partial charge in [0.2, 0.25) is 0 Å². The molecule has 0 aliphatic carbocycles. The van der Waals surface area contributed by atoms with E-state index in [-0.39, 0.29) is 0 Å². The summed E-state index contributed by atoms with van der Waals surface area (Å²) in [5.41, 5.74) is 2.84. The standard InChI is InChI=1S/C17H23N3/c1-2-5-15(6-3-1)7-4-12-20-14-17(13-19-20)16-8-10-18-11-9-16/h1-3,5-6,13-14,16,18H,4,7-12H2. The Balaban J connectivity index is 1.50. The van der Waals surface area contributed by atoms with Crippen LogP contribution in [0.1, 0.15) is 36.3 Å². The van der Waals surface area contributed by atoms with Gasteiger partial charge in [0.1, 0.15) is 0 Å². The SMILES string of the molecule is c1ccc(CCCn2cc(C3CCNCC3)cn2)cc1. The van der Waals surface area contributed by atoms with Crippen LogP contribution in [0.15, 0.2) is 42.7 Å². The number of piperidine rings is 1. The summed E-state index contributed by atoms with van der Waals surface area (Å²) >= 11 is 0. The third-order valence-corrected chi connectivity index (χ3v) is 4.16. The Morgan fingerprint density at radius 1 is 1.15 bits per heavy atom. The van der Waals surface area contributed by atoms with E-state index in [1.165, 1.54) is 24.0 Å². The molecular formula is C17H23N3. The van der Waals surface area contributed by atoms with E-state index < -0.39 is 0 Å². The number of benzene rings is 1. The Labute approximate surface area is 121 Å². The van der Waals surface area contributed by atoms with E-state index in [0.717, 1.165) is 32.5 Å². The molecule has 1 aromatic heterocycles. The maximum Gasteiger partial charge on any atom is 0.0524 e. The average molecular weight is 269 g/mol. The molecule has 1 N–H and O–H groups in total. The number of nitrogens with zero attached hydrogens (tertiary/aromatic N) is 2. The Bertz CT molecular complexity index is 512. The van der Waals surface area contributed by atoms with Gasteiger partial charge in [-0.25, -0.2) is 0 Å². The largest absolute Gasteiger partial charge is 0.317 e. The summed E-state index contributed by atoms with van der Waals surface area (Å²) < 4.78 is 2.11. The highest BCUT2D eigenvalue weighted by atomic mass is 15.3. The lowest BCUT2D eigenvalue weighted by Crippen LogP contribution is -2.26. The van der Waals surface area contributed by atoms with E-state index >= 15 is 0 Å². The molecule has 0 spiro atoms. The van der Waals surface area contributed by atoms with Crippen LogP contribution < -0.4 is 5.32 Å². The van der Waals surface area contributed by atoms with E-state index in [1.54, 1.807) is 0 Å². The van der Waals surface area contributed by atoms with Gasteiger partial charge in [-0.2, -0.15) is 5.10 Å². The molecule has 0 unspecified atom stereocenters. The lowest BCUT2D eigenvalue weighted by atomic mass is 9.93.